The number of carbonyl (C=O) groups excluding carboxylic acids is 1. The van der Waals surface area contributed by atoms with Crippen LogP contribution >= 0.6 is 0 Å². The van der Waals surface area contributed by atoms with E-state index < -0.39 is 5.91 Å². The quantitative estimate of drug-likeness (QED) is 0.380. The Bertz CT molecular complexity index is 1040. The van der Waals surface area contributed by atoms with Gasteiger partial charge in [-0.1, -0.05) is 30.3 Å². The summed E-state index contributed by atoms with van der Waals surface area (Å²) in [4.78, 5) is 16.0. The highest BCUT2D eigenvalue weighted by Crippen LogP contribution is 2.30. The molecule has 0 aliphatic heterocycles. The van der Waals surface area contributed by atoms with Gasteiger partial charge >= 0.3 is 0 Å². The number of allylic oxidation sites excluding steroid dienone is 1. The molecule has 0 radical (unpaired) electrons. The van der Waals surface area contributed by atoms with Crippen LogP contribution in [-0.2, 0) is 11.3 Å². The first-order valence-electron chi connectivity index (χ1n) is 9.22. The number of carbonyl (C=O) groups is 1. The van der Waals surface area contributed by atoms with Crippen molar-refractivity contribution >= 4 is 11.9 Å². The summed E-state index contributed by atoms with van der Waals surface area (Å²) in [5.74, 6) is 0.0850. The predicted molar refractivity (Wildman–Crippen MR) is 116 cm³/mol. The van der Waals surface area contributed by atoms with E-state index in [4.69, 9.17) is 16.2 Å². The zero-order valence-electron chi connectivity index (χ0n) is 16.5. The molecule has 0 saturated heterocycles. The standard InChI is InChI=1S/C23H24N4O2/c1-16(2)15-29-19-10-8-18(9-11-19)21-13-12-20(17-6-4-3-5-7-17)27(21)14-22(28)26-23(24)25/h3-13,15H,14H2,1-2H3,(H4,24,25,26,28). The monoisotopic (exact) mass is 388 g/mol. The molecule has 1 amide bonds. The van der Waals surface area contributed by atoms with Gasteiger partial charge in [0.2, 0.25) is 0 Å². The lowest BCUT2D eigenvalue weighted by atomic mass is 10.1. The Balaban J connectivity index is 2.00. The molecule has 0 saturated carbocycles. The molecular formula is C23H24N4O2. The van der Waals surface area contributed by atoms with Gasteiger partial charge in [-0.3, -0.25) is 4.79 Å². The van der Waals surface area contributed by atoms with Crippen LogP contribution in [0.25, 0.3) is 22.5 Å². The molecule has 0 spiro atoms. The minimum Gasteiger partial charge on any atom is -0.465 e. The van der Waals surface area contributed by atoms with Crippen molar-refractivity contribution in [3.8, 4) is 28.3 Å². The molecule has 148 valence electrons. The van der Waals surface area contributed by atoms with Gasteiger partial charge in [0.1, 0.15) is 12.3 Å². The number of nitrogens with zero attached hydrogens (tertiary/aromatic N) is 2. The average Bonchev–Trinajstić information content (AvgIpc) is 3.10. The van der Waals surface area contributed by atoms with Crippen LogP contribution in [0.5, 0.6) is 5.75 Å². The van der Waals surface area contributed by atoms with Crippen LogP contribution in [0, 0.1) is 0 Å². The summed E-state index contributed by atoms with van der Waals surface area (Å²) >= 11 is 0. The van der Waals surface area contributed by atoms with E-state index in [0.29, 0.717) is 0 Å². The second kappa shape index (κ2) is 8.93. The number of aromatic nitrogens is 1. The van der Waals surface area contributed by atoms with Crippen molar-refractivity contribution < 1.29 is 9.53 Å². The van der Waals surface area contributed by atoms with E-state index >= 15 is 0 Å². The number of aliphatic imine (C=N–C) groups is 1. The molecule has 0 atom stereocenters. The maximum atomic E-state index is 12.3. The summed E-state index contributed by atoms with van der Waals surface area (Å²) < 4.78 is 7.52. The van der Waals surface area contributed by atoms with E-state index in [2.05, 4.69) is 4.99 Å². The molecule has 0 bridgehead atoms. The number of benzene rings is 2. The van der Waals surface area contributed by atoms with Gasteiger partial charge < -0.3 is 20.8 Å². The molecule has 3 rings (SSSR count). The average molecular weight is 388 g/mol. The Hall–Kier alpha value is -3.80. The third-order valence-electron chi connectivity index (χ3n) is 4.18. The number of amides is 1. The van der Waals surface area contributed by atoms with Crippen LogP contribution in [0.1, 0.15) is 13.8 Å². The fraction of sp³-hybridized carbons (Fsp3) is 0.130. The zero-order valence-corrected chi connectivity index (χ0v) is 16.5. The lowest BCUT2D eigenvalue weighted by Gasteiger charge is -2.13. The largest absolute Gasteiger partial charge is 0.465 e. The Kier molecular flexibility index (Phi) is 6.14. The second-order valence-corrected chi connectivity index (χ2v) is 6.82. The summed E-state index contributed by atoms with van der Waals surface area (Å²) in [5, 5.41) is 0. The van der Waals surface area contributed by atoms with Crippen molar-refractivity contribution in [1.82, 2.24) is 4.57 Å². The van der Waals surface area contributed by atoms with E-state index in [-0.39, 0.29) is 12.5 Å². The third kappa shape index (κ3) is 5.13. The second-order valence-electron chi connectivity index (χ2n) is 6.82. The van der Waals surface area contributed by atoms with Crippen molar-refractivity contribution in [2.45, 2.75) is 20.4 Å². The number of rotatable bonds is 6. The predicted octanol–water partition coefficient (Wildman–Crippen LogP) is 3.92. The topological polar surface area (TPSA) is 95.6 Å². The summed E-state index contributed by atoms with van der Waals surface area (Å²) in [6, 6.07) is 21.5. The van der Waals surface area contributed by atoms with Crippen molar-refractivity contribution in [3.63, 3.8) is 0 Å². The first kappa shape index (κ1) is 19.9. The molecule has 1 heterocycles. The number of hydrogen-bond donors (Lipinski definition) is 2. The summed E-state index contributed by atoms with van der Waals surface area (Å²) in [5.41, 5.74) is 15.6. The van der Waals surface area contributed by atoms with E-state index in [1.165, 1.54) is 0 Å². The number of hydrogen-bond acceptors (Lipinski definition) is 2. The molecule has 6 heteroatoms. The molecule has 0 aliphatic rings. The lowest BCUT2D eigenvalue weighted by molar-refractivity contribution is -0.118. The first-order valence-corrected chi connectivity index (χ1v) is 9.22. The Morgan fingerprint density at radius 1 is 0.931 bits per heavy atom. The molecule has 6 nitrogen and oxygen atoms in total. The Morgan fingerprint density at radius 3 is 2.07 bits per heavy atom. The fourth-order valence-corrected chi connectivity index (χ4v) is 2.96. The van der Waals surface area contributed by atoms with E-state index in [0.717, 1.165) is 33.8 Å². The molecule has 4 N–H and O–H groups in total. The highest BCUT2D eigenvalue weighted by Gasteiger charge is 2.14. The van der Waals surface area contributed by atoms with Crippen molar-refractivity contribution in [2.24, 2.45) is 16.5 Å². The van der Waals surface area contributed by atoms with Crippen LogP contribution in [0.4, 0.5) is 0 Å². The normalized spacial score (nSPS) is 10.3. The molecule has 0 aliphatic carbocycles. The fourth-order valence-electron chi connectivity index (χ4n) is 2.96. The number of ether oxygens (including phenoxy) is 1. The maximum Gasteiger partial charge on any atom is 0.268 e. The third-order valence-corrected chi connectivity index (χ3v) is 4.18. The minimum atomic E-state index is -0.414. The molecule has 29 heavy (non-hydrogen) atoms. The van der Waals surface area contributed by atoms with Gasteiger partial charge in [-0.05, 0) is 66.9 Å². The smallest absolute Gasteiger partial charge is 0.268 e. The Labute approximate surface area is 170 Å². The van der Waals surface area contributed by atoms with E-state index in [1.807, 2.05) is 85.1 Å². The van der Waals surface area contributed by atoms with Gasteiger partial charge in [-0.25, -0.2) is 0 Å². The van der Waals surface area contributed by atoms with Gasteiger partial charge in [0.15, 0.2) is 5.96 Å². The number of guanidine groups is 1. The first-order chi connectivity index (χ1) is 13.9. The molecule has 0 fully saturated rings. The Morgan fingerprint density at radius 2 is 1.52 bits per heavy atom. The summed E-state index contributed by atoms with van der Waals surface area (Å²) in [7, 11) is 0. The van der Waals surface area contributed by atoms with Gasteiger partial charge in [0.05, 0.1) is 6.26 Å². The van der Waals surface area contributed by atoms with Crippen molar-refractivity contribution in [2.75, 3.05) is 0 Å². The lowest BCUT2D eigenvalue weighted by Crippen LogP contribution is -2.25. The van der Waals surface area contributed by atoms with E-state index in [9.17, 15) is 4.79 Å². The molecular weight excluding hydrogens is 364 g/mol. The van der Waals surface area contributed by atoms with Gasteiger partial charge in [0.25, 0.3) is 5.91 Å². The van der Waals surface area contributed by atoms with Crippen molar-refractivity contribution in [1.29, 1.82) is 0 Å². The van der Waals surface area contributed by atoms with Gasteiger partial charge in [0, 0.05) is 11.4 Å². The maximum absolute atomic E-state index is 12.3. The highest BCUT2D eigenvalue weighted by molar-refractivity contribution is 5.92. The summed E-state index contributed by atoms with van der Waals surface area (Å²) in [6.45, 7) is 3.97. The van der Waals surface area contributed by atoms with Crippen molar-refractivity contribution in [3.05, 3.63) is 78.6 Å². The van der Waals surface area contributed by atoms with Gasteiger partial charge in [-0.15, -0.1) is 0 Å². The highest BCUT2D eigenvalue weighted by atomic mass is 16.5. The summed E-state index contributed by atoms with van der Waals surface area (Å²) in [6.07, 6.45) is 1.71. The van der Waals surface area contributed by atoms with Crippen LogP contribution in [0.3, 0.4) is 0 Å². The zero-order chi connectivity index (χ0) is 20.8. The molecule has 0 unspecified atom stereocenters. The molecule has 3 aromatic rings. The minimum absolute atomic E-state index is 0.0283. The van der Waals surface area contributed by atoms with E-state index in [1.54, 1.807) is 6.26 Å². The molecule has 1 aromatic heterocycles. The van der Waals surface area contributed by atoms with Crippen LogP contribution in [-0.4, -0.2) is 16.4 Å². The molecule has 2 aromatic carbocycles. The number of nitrogens with two attached hydrogens (primary N) is 2. The van der Waals surface area contributed by atoms with Crippen LogP contribution in [0.15, 0.2) is 83.6 Å². The van der Waals surface area contributed by atoms with Crippen LogP contribution < -0.4 is 16.2 Å². The van der Waals surface area contributed by atoms with Gasteiger partial charge in [-0.2, -0.15) is 4.99 Å². The SMILES string of the molecule is CC(C)=COc1ccc(-c2ccc(-c3ccccc3)n2CC(=O)N=C(N)N)cc1. The van der Waals surface area contributed by atoms with Crippen LogP contribution in [0.2, 0.25) is 0 Å².